The van der Waals surface area contributed by atoms with Crippen LogP contribution in [0.5, 0.6) is 0 Å². The van der Waals surface area contributed by atoms with Gasteiger partial charge in [0.25, 0.3) is 0 Å². The number of rotatable bonds is 3. The fraction of sp³-hybridized carbons (Fsp3) is 0.538. The van der Waals surface area contributed by atoms with Crippen LogP contribution in [0, 0.1) is 0 Å². The Morgan fingerprint density at radius 2 is 1.90 bits per heavy atom. The first-order chi connectivity index (χ1) is 10.1. The highest BCUT2D eigenvalue weighted by molar-refractivity contribution is 7.82. The molecule has 1 aromatic carbocycles. The number of hydrogen-bond donors (Lipinski definition) is 0. The summed E-state index contributed by atoms with van der Waals surface area (Å²) < 4.78 is 49.8. The molecule has 0 unspecified atom stereocenters. The van der Waals surface area contributed by atoms with Gasteiger partial charge in [-0.15, -0.1) is 0 Å². The Labute approximate surface area is 122 Å². The van der Waals surface area contributed by atoms with Crippen LogP contribution in [0.3, 0.4) is 0 Å². The van der Waals surface area contributed by atoms with Crippen LogP contribution >= 0.6 is 0 Å². The molecule has 0 aliphatic carbocycles. The van der Waals surface area contributed by atoms with Gasteiger partial charge in [-0.05, 0) is 5.56 Å². The van der Waals surface area contributed by atoms with Crippen molar-refractivity contribution >= 4 is 10.4 Å². The van der Waals surface area contributed by atoms with E-state index in [4.69, 9.17) is 22.6 Å². The Bertz CT molecular complexity index is 617. The number of fused-ring (bicyclic) bond motifs is 4. The van der Waals surface area contributed by atoms with Gasteiger partial charge in [0, 0.05) is 0 Å². The van der Waals surface area contributed by atoms with Crippen LogP contribution in [0.25, 0.3) is 0 Å². The van der Waals surface area contributed by atoms with E-state index in [2.05, 4.69) is 0 Å². The van der Waals surface area contributed by atoms with E-state index in [-0.39, 0.29) is 6.61 Å². The normalized spacial score (nSPS) is 40.1. The molecule has 1 aromatic rings. The molecule has 0 spiro atoms. The standard InChI is InChI=1S/C13H14O7S/c14-21(15)19-10-9-7-17-13(18-9)12(11(10)20-21)16-6-8-4-2-1-3-5-8/h1-5,9-13H,6-7H2/t9-,10+,11+,12-,13-/m1/s1. The Morgan fingerprint density at radius 1 is 1.14 bits per heavy atom. The molecule has 8 heteroatoms. The highest BCUT2D eigenvalue weighted by atomic mass is 32.3. The average Bonchev–Trinajstić information content (AvgIpc) is 3.03. The molecule has 0 N–H and O–H groups in total. The van der Waals surface area contributed by atoms with Crippen molar-refractivity contribution in [2.75, 3.05) is 6.61 Å². The second-order valence-corrected chi connectivity index (χ2v) is 6.37. The third-order valence-electron chi connectivity index (χ3n) is 3.76. The van der Waals surface area contributed by atoms with E-state index in [0.717, 1.165) is 5.56 Å². The Hall–Kier alpha value is -1.03. The van der Waals surface area contributed by atoms with Gasteiger partial charge >= 0.3 is 10.4 Å². The molecule has 4 rings (SSSR count). The fourth-order valence-electron chi connectivity index (χ4n) is 2.80. The van der Waals surface area contributed by atoms with Crippen molar-refractivity contribution in [2.45, 2.75) is 37.3 Å². The van der Waals surface area contributed by atoms with Crippen LogP contribution in [-0.2, 0) is 39.6 Å². The van der Waals surface area contributed by atoms with Crippen LogP contribution in [0.1, 0.15) is 5.56 Å². The zero-order chi connectivity index (χ0) is 14.4. The summed E-state index contributed by atoms with van der Waals surface area (Å²) in [6.45, 7) is 0.585. The van der Waals surface area contributed by atoms with Gasteiger partial charge in [0.1, 0.15) is 24.4 Å². The van der Waals surface area contributed by atoms with Crippen molar-refractivity contribution in [2.24, 2.45) is 0 Å². The molecular weight excluding hydrogens is 300 g/mol. The van der Waals surface area contributed by atoms with Crippen molar-refractivity contribution in [3.05, 3.63) is 35.9 Å². The second-order valence-electron chi connectivity index (χ2n) is 5.17. The highest BCUT2D eigenvalue weighted by Crippen LogP contribution is 2.39. The Kier molecular flexibility index (Phi) is 3.25. The molecule has 21 heavy (non-hydrogen) atoms. The fourth-order valence-corrected chi connectivity index (χ4v) is 3.84. The SMILES string of the molecule is O=S1(=O)O[C@H]2[C@@H](O1)[C@H]1CO[C@H](O1)[C@@H]2OCc1ccccc1. The molecule has 3 aliphatic heterocycles. The summed E-state index contributed by atoms with van der Waals surface area (Å²) >= 11 is 0. The minimum Gasteiger partial charge on any atom is -0.365 e. The highest BCUT2D eigenvalue weighted by Gasteiger charge is 2.59. The summed E-state index contributed by atoms with van der Waals surface area (Å²) in [6, 6.07) is 9.56. The third kappa shape index (κ3) is 2.48. The van der Waals surface area contributed by atoms with Gasteiger partial charge in [0.2, 0.25) is 0 Å². The first-order valence-corrected chi connectivity index (χ1v) is 8.00. The lowest BCUT2D eigenvalue weighted by Crippen LogP contribution is -2.53. The van der Waals surface area contributed by atoms with Crippen molar-refractivity contribution in [1.82, 2.24) is 0 Å². The predicted molar refractivity (Wildman–Crippen MR) is 68.3 cm³/mol. The monoisotopic (exact) mass is 314 g/mol. The molecule has 7 nitrogen and oxygen atoms in total. The summed E-state index contributed by atoms with van der Waals surface area (Å²) in [6.07, 6.45) is -3.16. The second kappa shape index (κ2) is 5.01. The number of ether oxygens (including phenoxy) is 3. The average molecular weight is 314 g/mol. The van der Waals surface area contributed by atoms with Crippen LogP contribution in [0.4, 0.5) is 0 Å². The summed E-state index contributed by atoms with van der Waals surface area (Å²) in [7, 11) is -3.98. The minimum atomic E-state index is -3.98. The van der Waals surface area contributed by atoms with Gasteiger partial charge in [-0.3, -0.25) is 0 Å². The van der Waals surface area contributed by atoms with E-state index < -0.39 is 41.1 Å². The summed E-state index contributed by atoms with van der Waals surface area (Å²) in [5, 5.41) is 0. The largest absolute Gasteiger partial charge is 0.400 e. The molecule has 3 fully saturated rings. The van der Waals surface area contributed by atoms with E-state index in [1.165, 1.54) is 0 Å². The van der Waals surface area contributed by atoms with Gasteiger partial charge in [-0.2, -0.15) is 8.42 Å². The molecule has 2 bridgehead atoms. The van der Waals surface area contributed by atoms with Crippen molar-refractivity contribution in [3.8, 4) is 0 Å². The number of benzene rings is 1. The smallest absolute Gasteiger partial charge is 0.365 e. The van der Waals surface area contributed by atoms with Crippen LogP contribution in [-0.4, -0.2) is 45.7 Å². The van der Waals surface area contributed by atoms with E-state index >= 15 is 0 Å². The summed E-state index contributed by atoms with van der Waals surface area (Å²) in [5.74, 6) is 0. The molecule has 0 saturated carbocycles. The maximum atomic E-state index is 11.5. The van der Waals surface area contributed by atoms with Crippen molar-refractivity contribution in [3.63, 3.8) is 0 Å². The molecule has 3 aliphatic rings. The van der Waals surface area contributed by atoms with E-state index in [9.17, 15) is 8.42 Å². The predicted octanol–water partition coefficient (Wildman–Crippen LogP) is 0.356. The summed E-state index contributed by atoms with van der Waals surface area (Å²) in [5.41, 5.74) is 0.968. The lowest BCUT2D eigenvalue weighted by Gasteiger charge is -2.33. The Morgan fingerprint density at radius 3 is 2.71 bits per heavy atom. The molecule has 5 atom stereocenters. The first kappa shape index (κ1) is 13.6. The molecular formula is C13H14O7S. The lowest BCUT2D eigenvalue weighted by molar-refractivity contribution is -0.221. The molecule has 0 amide bonds. The van der Waals surface area contributed by atoms with Crippen LogP contribution in [0.15, 0.2) is 30.3 Å². The van der Waals surface area contributed by atoms with Gasteiger partial charge in [0.15, 0.2) is 6.29 Å². The molecule has 3 saturated heterocycles. The van der Waals surface area contributed by atoms with Crippen LogP contribution in [0.2, 0.25) is 0 Å². The quantitative estimate of drug-likeness (QED) is 0.796. The molecule has 0 radical (unpaired) electrons. The number of hydrogen-bond acceptors (Lipinski definition) is 7. The zero-order valence-electron chi connectivity index (χ0n) is 11.0. The van der Waals surface area contributed by atoms with Crippen LogP contribution < -0.4 is 0 Å². The minimum absolute atomic E-state index is 0.274. The summed E-state index contributed by atoms with van der Waals surface area (Å²) in [4.78, 5) is 0. The van der Waals surface area contributed by atoms with Crippen molar-refractivity contribution in [1.29, 1.82) is 0 Å². The molecule has 3 heterocycles. The van der Waals surface area contributed by atoms with Crippen molar-refractivity contribution < 1.29 is 31.0 Å². The Balaban J connectivity index is 1.53. The van der Waals surface area contributed by atoms with Gasteiger partial charge in [-0.25, -0.2) is 8.37 Å². The maximum Gasteiger partial charge on any atom is 0.400 e. The maximum absolute atomic E-state index is 11.5. The zero-order valence-corrected chi connectivity index (χ0v) is 11.8. The lowest BCUT2D eigenvalue weighted by atomic mass is 10.0. The molecule has 114 valence electrons. The first-order valence-electron chi connectivity index (χ1n) is 6.66. The van der Waals surface area contributed by atoms with E-state index in [1.807, 2.05) is 30.3 Å². The van der Waals surface area contributed by atoms with Gasteiger partial charge in [0.05, 0.1) is 13.2 Å². The topological polar surface area (TPSA) is 80.3 Å². The van der Waals surface area contributed by atoms with Gasteiger partial charge in [-0.1, -0.05) is 30.3 Å². The van der Waals surface area contributed by atoms with E-state index in [0.29, 0.717) is 6.61 Å². The van der Waals surface area contributed by atoms with Gasteiger partial charge < -0.3 is 14.2 Å². The third-order valence-corrected chi connectivity index (χ3v) is 4.68. The van der Waals surface area contributed by atoms with E-state index in [1.54, 1.807) is 0 Å². The molecule has 0 aromatic heterocycles.